The average molecular weight is 529 g/mol. The molecule has 7 heteroatoms. The monoisotopic (exact) mass is 528 g/mol. The number of carbonyl (C=O) groups excluding carboxylic acids is 1. The third-order valence-electron chi connectivity index (χ3n) is 6.84. The zero-order chi connectivity index (χ0) is 23.3. The molecule has 180 valence electrons. The van der Waals surface area contributed by atoms with E-state index in [9.17, 15) is 4.79 Å². The summed E-state index contributed by atoms with van der Waals surface area (Å²) < 4.78 is 6.41. The van der Waals surface area contributed by atoms with Gasteiger partial charge >= 0.3 is 0 Å². The second-order valence-electron chi connectivity index (χ2n) is 10.4. The van der Waals surface area contributed by atoms with E-state index in [2.05, 4.69) is 64.2 Å². The van der Waals surface area contributed by atoms with Crippen LogP contribution in [0, 0.1) is 0 Å². The molecule has 0 amide bonds. The summed E-state index contributed by atoms with van der Waals surface area (Å²) in [6, 6.07) is 10.7. The first-order valence-electron chi connectivity index (χ1n) is 11.8. The third-order valence-corrected chi connectivity index (χ3v) is 18.2. The highest BCUT2D eigenvalue weighted by atomic mass is 32.2. The van der Waals surface area contributed by atoms with Gasteiger partial charge in [-0.25, -0.2) is 0 Å². The van der Waals surface area contributed by atoms with Crippen LogP contribution in [0.2, 0.25) is 18.1 Å². The van der Waals surface area contributed by atoms with Crippen molar-refractivity contribution in [2.24, 2.45) is 0 Å². The number of hydrogen-bond acceptors (Lipinski definition) is 6. The molecule has 0 bridgehead atoms. The number of ketones is 1. The lowest BCUT2D eigenvalue weighted by Gasteiger charge is -2.40. The molecule has 0 atom stereocenters. The highest BCUT2D eigenvalue weighted by molar-refractivity contribution is 8.19. The maximum atomic E-state index is 13.6. The molecule has 2 aliphatic rings. The first-order valence-corrected chi connectivity index (χ1v) is 18.7. The van der Waals surface area contributed by atoms with Gasteiger partial charge in [0.05, 0.1) is 8.16 Å². The largest absolute Gasteiger partial charge is 0.417 e. The van der Waals surface area contributed by atoms with Crippen LogP contribution in [0.25, 0.3) is 0 Å². The van der Waals surface area contributed by atoms with E-state index >= 15 is 0 Å². The van der Waals surface area contributed by atoms with Crippen LogP contribution in [0.4, 0.5) is 0 Å². The Balaban J connectivity index is 1.68. The minimum absolute atomic E-state index is 0.0143. The lowest BCUT2D eigenvalue weighted by Crippen LogP contribution is -2.42. The summed E-state index contributed by atoms with van der Waals surface area (Å²) in [4.78, 5) is 13.6. The fraction of sp³-hybridized carbons (Fsp3) is 0.720. The van der Waals surface area contributed by atoms with Crippen molar-refractivity contribution >= 4 is 61.1 Å². The average Bonchev–Trinajstić information content (AvgIpc) is 2.74. The van der Waals surface area contributed by atoms with E-state index in [-0.39, 0.29) is 13.2 Å². The Morgan fingerprint density at radius 2 is 1.50 bits per heavy atom. The Labute approximate surface area is 214 Å². The molecule has 32 heavy (non-hydrogen) atoms. The second-order valence-corrected chi connectivity index (χ2v) is 21.5. The lowest BCUT2D eigenvalue weighted by atomic mass is 10.0. The van der Waals surface area contributed by atoms with Gasteiger partial charge in [0.1, 0.15) is 5.78 Å². The van der Waals surface area contributed by atoms with Crippen molar-refractivity contribution in [1.82, 2.24) is 0 Å². The van der Waals surface area contributed by atoms with Crippen molar-refractivity contribution in [3.05, 3.63) is 35.9 Å². The van der Waals surface area contributed by atoms with E-state index in [0.29, 0.717) is 18.6 Å². The molecule has 3 rings (SSSR count). The van der Waals surface area contributed by atoms with Gasteiger partial charge in [-0.15, -0.1) is 47.0 Å². The number of benzene rings is 1. The summed E-state index contributed by atoms with van der Waals surface area (Å²) in [5.41, 5.74) is 1.31. The topological polar surface area (TPSA) is 26.3 Å². The summed E-state index contributed by atoms with van der Waals surface area (Å²) in [5.74, 6) is 5.03. The summed E-state index contributed by atoms with van der Waals surface area (Å²) >= 11 is 8.01. The van der Waals surface area contributed by atoms with Crippen molar-refractivity contribution < 1.29 is 9.22 Å². The normalized spacial score (nSPS) is 21.3. The minimum Gasteiger partial charge on any atom is -0.417 e. The lowest BCUT2D eigenvalue weighted by molar-refractivity contribution is -0.119. The second kappa shape index (κ2) is 11.5. The third kappa shape index (κ3) is 7.00. The molecular weight excluding hydrogens is 489 g/mol. The summed E-state index contributed by atoms with van der Waals surface area (Å²) in [6.07, 6.45) is 4.75. The first kappa shape index (κ1) is 27.1. The Morgan fingerprint density at radius 1 is 0.938 bits per heavy atom. The molecule has 2 saturated heterocycles. The Hall–Kier alpha value is 0.467. The highest BCUT2D eigenvalue weighted by Gasteiger charge is 2.43. The quantitative estimate of drug-likeness (QED) is 0.301. The van der Waals surface area contributed by atoms with Gasteiger partial charge in [0.25, 0.3) is 0 Å². The van der Waals surface area contributed by atoms with Gasteiger partial charge < -0.3 is 4.43 Å². The zero-order valence-electron chi connectivity index (χ0n) is 20.4. The molecule has 0 aromatic heterocycles. The molecule has 0 unspecified atom stereocenters. The van der Waals surface area contributed by atoms with Crippen LogP contribution in [0.3, 0.4) is 0 Å². The van der Waals surface area contributed by atoms with Crippen molar-refractivity contribution in [2.45, 2.75) is 79.2 Å². The first-order chi connectivity index (χ1) is 15.1. The predicted octanol–water partition coefficient (Wildman–Crippen LogP) is 8.04. The molecule has 0 aliphatic carbocycles. The minimum atomic E-state index is -1.76. The van der Waals surface area contributed by atoms with Crippen LogP contribution in [-0.4, -0.2) is 47.8 Å². The van der Waals surface area contributed by atoms with Crippen LogP contribution >= 0.6 is 47.0 Å². The van der Waals surface area contributed by atoms with Gasteiger partial charge in [-0.1, -0.05) is 51.1 Å². The Bertz CT molecular complexity index is 736. The number of hydrogen-bond donors (Lipinski definition) is 0. The summed E-state index contributed by atoms with van der Waals surface area (Å²) in [7, 11) is -1.76. The molecular formula is C25H40O2S4Si. The zero-order valence-corrected chi connectivity index (χ0v) is 24.7. The number of carbonyl (C=O) groups is 1. The molecule has 0 N–H and O–H groups in total. The molecule has 2 heterocycles. The molecule has 1 aromatic rings. The van der Waals surface area contributed by atoms with Gasteiger partial charge in [0.2, 0.25) is 0 Å². The van der Waals surface area contributed by atoms with Gasteiger partial charge in [0, 0.05) is 19.4 Å². The maximum Gasteiger partial charge on any atom is 0.191 e. The predicted molar refractivity (Wildman–Crippen MR) is 152 cm³/mol. The van der Waals surface area contributed by atoms with E-state index in [1.54, 1.807) is 0 Å². The van der Waals surface area contributed by atoms with Crippen LogP contribution in [-0.2, 0) is 13.3 Å². The van der Waals surface area contributed by atoms with E-state index < -0.39 is 8.32 Å². The molecule has 2 aliphatic heterocycles. The molecule has 0 saturated carbocycles. The Kier molecular flexibility index (Phi) is 9.70. The van der Waals surface area contributed by atoms with Crippen LogP contribution in [0.5, 0.6) is 0 Å². The molecule has 0 radical (unpaired) electrons. The van der Waals surface area contributed by atoms with Crippen molar-refractivity contribution in [1.29, 1.82) is 0 Å². The van der Waals surface area contributed by atoms with E-state index in [1.807, 2.05) is 47.0 Å². The van der Waals surface area contributed by atoms with Crippen molar-refractivity contribution in [3.8, 4) is 0 Å². The molecule has 0 spiro atoms. The van der Waals surface area contributed by atoms with Gasteiger partial charge in [-0.2, -0.15) is 0 Å². The molecule has 2 nitrogen and oxygen atoms in total. The number of rotatable bonds is 9. The van der Waals surface area contributed by atoms with Crippen LogP contribution in [0.15, 0.2) is 30.3 Å². The SMILES string of the molecule is CC(C)(C)[Si](C)(C)OCCC1(CC(=O)CC2(c3ccccc3)SCCCS2)SCCCS1. The number of thioether (sulfide) groups is 4. The standard InChI is InChI=1S/C25H40O2S4Si/c1-23(2,3)32(4,5)27-14-13-24(28-15-9-16-29-24)19-22(26)20-25(30-17-10-18-31-25)21-11-7-6-8-12-21/h6-8,11-12H,9-10,13-20H2,1-5H3. The maximum absolute atomic E-state index is 13.6. The van der Waals surface area contributed by atoms with E-state index in [1.165, 1.54) is 18.4 Å². The van der Waals surface area contributed by atoms with Crippen LogP contribution < -0.4 is 0 Å². The summed E-state index contributed by atoms with van der Waals surface area (Å²) in [5, 5.41) is 0.223. The van der Waals surface area contributed by atoms with E-state index in [0.717, 1.165) is 36.0 Å². The smallest absolute Gasteiger partial charge is 0.191 e. The van der Waals surface area contributed by atoms with Crippen molar-refractivity contribution in [2.75, 3.05) is 29.6 Å². The van der Waals surface area contributed by atoms with Gasteiger partial charge in [-0.05, 0) is 66.0 Å². The molecule has 1 aromatic carbocycles. The van der Waals surface area contributed by atoms with Crippen LogP contribution in [0.1, 0.15) is 58.4 Å². The Morgan fingerprint density at radius 3 is 2.06 bits per heavy atom. The van der Waals surface area contributed by atoms with Gasteiger partial charge in [0.15, 0.2) is 8.32 Å². The summed E-state index contributed by atoms with van der Waals surface area (Å²) in [6.45, 7) is 12.3. The van der Waals surface area contributed by atoms with Gasteiger partial charge in [-0.3, -0.25) is 4.79 Å². The highest BCUT2D eigenvalue weighted by Crippen LogP contribution is 2.54. The molecule has 2 fully saturated rings. The fourth-order valence-corrected chi connectivity index (χ4v) is 11.6. The fourth-order valence-electron chi connectivity index (χ4n) is 3.89. The van der Waals surface area contributed by atoms with Crippen molar-refractivity contribution in [3.63, 3.8) is 0 Å². The van der Waals surface area contributed by atoms with E-state index in [4.69, 9.17) is 4.43 Å². The number of Topliss-reactive ketones (excluding diaryl/α,β-unsaturated/α-hetero) is 1.